The number of rotatable bonds is 5. The Morgan fingerprint density at radius 2 is 1.62 bits per heavy atom. The average Bonchev–Trinajstić information content (AvgIpc) is 2.70. The van der Waals surface area contributed by atoms with Gasteiger partial charge in [-0.3, -0.25) is 9.52 Å². The Hall–Kier alpha value is -1.99. The van der Waals surface area contributed by atoms with Crippen molar-refractivity contribution in [2.45, 2.75) is 49.8 Å². The number of likely N-dealkylation sites (tertiary alicyclic amines) is 1. The van der Waals surface area contributed by atoms with Crippen LogP contribution in [0.5, 0.6) is 0 Å². The predicted molar refractivity (Wildman–Crippen MR) is 119 cm³/mol. The van der Waals surface area contributed by atoms with E-state index < -0.39 is 10.0 Å². The number of benzene rings is 2. The SMILES string of the molecule is CSc1ccc(S(=O)(=O)Nc2c(C)cc(C)cc2C)cc1C(=O)N1CCCCC1. The molecule has 1 aliphatic rings. The summed E-state index contributed by atoms with van der Waals surface area (Å²) in [7, 11) is -3.81. The first-order chi connectivity index (χ1) is 13.7. The van der Waals surface area contributed by atoms with Crippen LogP contribution in [0.1, 0.15) is 46.3 Å². The summed E-state index contributed by atoms with van der Waals surface area (Å²) in [5, 5.41) is 0. The third-order valence-corrected chi connectivity index (χ3v) is 7.41. The topological polar surface area (TPSA) is 66.5 Å². The minimum Gasteiger partial charge on any atom is -0.339 e. The Morgan fingerprint density at radius 1 is 1.00 bits per heavy atom. The van der Waals surface area contributed by atoms with Crippen LogP contribution in [-0.2, 0) is 10.0 Å². The zero-order valence-electron chi connectivity index (χ0n) is 17.4. The normalized spacial score (nSPS) is 14.7. The van der Waals surface area contributed by atoms with E-state index in [0.717, 1.165) is 53.9 Å². The summed E-state index contributed by atoms with van der Waals surface area (Å²) in [6, 6.07) is 8.72. The van der Waals surface area contributed by atoms with Crippen LogP contribution in [0.3, 0.4) is 0 Å². The molecule has 2 aromatic carbocycles. The van der Waals surface area contributed by atoms with Gasteiger partial charge in [-0.25, -0.2) is 8.42 Å². The van der Waals surface area contributed by atoms with E-state index in [1.807, 2.05) is 44.1 Å². The molecule has 1 amide bonds. The van der Waals surface area contributed by atoms with Gasteiger partial charge in [0, 0.05) is 18.0 Å². The molecule has 0 spiro atoms. The maximum Gasteiger partial charge on any atom is 0.261 e. The minimum atomic E-state index is -3.81. The van der Waals surface area contributed by atoms with Crippen LogP contribution in [0.25, 0.3) is 0 Å². The van der Waals surface area contributed by atoms with Crippen molar-refractivity contribution in [2.24, 2.45) is 0 Å². The molecule has 2 aromatic rings. The molecular formula is C22H28N2O3S2. The number of carbonyl (C=O) groups excluding carboxylic acids is 1. The zero-order chi connectivity index (χ0) is 21.2. The second-order valence-electron chi connectivity index (χ2n) is 7.59. The molecule has 0 unspecified atom stereocenters. The molecule has 29 heavy (non-hydrogen) atoms. The molecule has 1 fully saturated rings. The van der Waals surface area contributed by atoms with Gasteiger partial charge in [0.1, 0.15) is 0 Å². The van der Waals surface area contributed by atoms with Gasteiger partial charge in [0.05, 0.1) is 16.1 Å². The molecule has 156 valence electrons. The maximum absolute atomic E-state index is 13.1. The number of piperidine rings is 1. The van der Waals surface area contributed by atoms with Crippen LogP contribution >= 0.6 is 11.8 Å². The number of sulfonamides is 1. The first-order valence-corrected chi connectivity index (χ1v) is 12.5. The maximum atomic E-state index is 13.1. The molecule has 3 rings (SSSR count). The summed E-state index contributed by atoms with van der Waals surface area (Å²) in [5.74, 6) is -0.0891. The van der Waals surface area contributed by atoms with Gasteiger partial charge in [0.2, 0.25) is 0 Å². The van der Waals surface area contributed by atoms with Crippen molar-refractivity contribution in [1.82, 2.24) is 4.90 Å². The Labute approximate surface area is 177 Å². The van der Waals surface area contributed by atoms with Crippen molar-refractivity contribution in [2.75, 3.05) is 24.1 Å². The summed E-state index contributed by atoms with van der Waals surface area (Å²) in [5.41, 5.74) is 3.88. The lowest BCUT2D eigenvalue weighted by atomic mass is 10.1. The van der Waals surface area contributed by atoms with Gasteiger partial charge in [-0.15, -0.1) is 11.8 Å². The van der Waals surface area contributed by atoms with E-state index in [-0.39, 0.29) is 10.8 Å². The molecule has 5 nitrogen and oxygen atoms in total. The van der Waals surface area contributed by atoms with Crippen molar-refractivity contribution in [3.63, 3.8) is 0 Å². The number of hydrogen-bond donors (Lipinski definition) is 1. The summed E-state index contributed by atoms with van der Waals surface area (Å²) < 4.78 is 28.9. The number of nitrogens with one attached hydrogen (secondary N) is 1. The van der Waals surface area contributed by atoms with Gasteiger partial charge in [-0.1, -0.05) is 17.7 Å². The highest BCUT2D eigenvalue weighted by atomic mass is 32.2. The first kappa shape index (κ1) is 21.7. The fourth-order valence-electron chi connectivity index (χ4n) is 3.82. The lowest BCUT2D eigenvalue weighted by Gasteiger charge is -2.27. The molecule has 0 saturated carbocycles. The second kappa shape index (κ2) is 8.79. The highest BCUT2D eigenvalue weighted by Crippen LogP contribution is 2.29. The van der Waals surface area contributed by atoms with Gasteiger partial charge in [-0.05, 0) is 75.6 Å². The molecule has 1 saturated heterocycles. The Bertz CT molecular complexity index is 1000. The molecule has 0 atom stereocenters. The van der Waals surface area contributed by atoms with Gasteiger partial charge in [0.15, 0.2) is 0 Å². The molecule has 1 N–H and O–H groups in total. The smallest absolute Gasteiger partial charge is 0.261 e. The quantitative estimate of drug-likeness (QED) is 0.692. The fraction of sp³-hybridized carbons (Fsp3) is 0.409. The van der Waals surface area contributed by atoms with Crippen LogP contribution < -0.4 is 4.72 Å². The van der Waals surface area contributed by atoms with Crippen LogP contribution in [0.15, 0.2) is 40.1 Å². The van der Waals surface area contributed by atoms with Crippen LogP contribution in [0, 0.1) is 20.8 Å². The first-order valence-electron chi connectivity index (χ1n) is 9.81. The molecule has 1 aliphatic heterocycles. The molecule has 0 aromatic heterocycles. The fourth-order valence-corrected chi connectivity index (χ4v) is 5.62. The summed E-state index contributed by atoms with van der Waals surface area (Å²) in [6.07, 6.45) is 5.01. The average molecular weight is 433 g/mol. The van der Waals surface area contributed by atoms with E-state index in [0.29, 0.717) is 11.3 Å². The lowest BCUT2D eigenvalue weighted by molar-refractivity contribution is 0.0720. The highest BCUT2D eigenvalue weighted by molar-refractivity contribution is 7.98. The monoisotopic (exact) mass is 432 g/mol. The van der Waals surface area contributed by atoms with E-state index in [1.54, 1.807) is 12.1 Å². The Kier molecular flexibility index (Phi) is 6.58. The molecule has 0 bridgehead atoms. The summed E-state index contributed by atoms with van der Waals surface area (Å²) in [6.45, 7) is 7.21. The van der Waals surface area contributed by atoms with E-state index >= 15 is 0 Å². The van der Waals surface area contributed by atoms with Crippen molar-refractivity contribution in [3.05, 3.63) is 52.6 Å². The Morgan fingerprint density at radius 3 is 2.21 bits per heavy atom. The van der Waals surface area contributed by atoms with Crippen molar-refractivity contribution >= 4 is 33.4 Å². The predicted octanol–water partition coefficient (Wildman–Crippen LogP) is 4.76. The molecule has 0 aliphatic carbocycles. The number of carbonyl (C=O) groups is 1. The van der Waals surface area contributed by atoms with E-state index in [9.17, 15) is 13.2 Å². The van der Waals surface area contributed by atoms with Crippen molar-refractivity contribution in [3.8, 4) is 0 Å². The Balaban J connectivity index is 1.97. The van der Waals surface area contributed by atoms with Crippen LogP contribution in [0.4, 0.5) is 5.69 Å². The molecule has 1 heterocycles. The van der Waals surface area contributed by atoms with Crippen molar-refractivity contribution < 1.29 is 13.2 Å². The van der Waals surface area contributed by atoms with Gasteiger partial charge in [0.25, 0.3) is 15.9 Å². The van der Waals surface area contributed by atoms with Crippen LogP contribution in [-0.4, -0.2) is 38.6 Å². The van der Waals surface area contributed by atoms with Gasteiger partial charge < -0.3 is 4.90 Å². The molecular weight excluding hydrogens is 404 g/mol. The van der Waals surface area contributed by atoms with E-state index in [2.05, 4.69) is 4.72 Å². The molecule has 7 heteroatoms. The minimum absolute atomic E-state index is 0.0891. The van der Waals surface area contributed by atoms with Gasteiger partial charge in [-0.2, -0.15) is 0 Å². The summed E-state index contributed by atoms with van der Waals surface area (Å²) >= 11 is 1.45. The lowest BCUT2D eigenvalue weighted by Crippen LogP contribution is -2.36. The highest BCUT2D eigenvalue weighted by Gasteiger charge is 2.24. The third-order valence-electron chi connectivity index (χ3n) is 5.27. The number of nitrogens with zero attached hydrogens (tertiary/aromatic N) is 1. The zero-order valence-corrected chi connectivity index (χ0v) is 19.0. The number of aryl methyl sites for hydroxylation is 3. The number of amides is 1. The van der Waals surface area contributed by atoms with E-state index in [1.165, 1.54) is 17.8 Å². The standard InChI is InChI=1S/C22H28N2O3S2/c1-15-12-16(2)21(17(3)13-15)23-29(26,27)18-8-9-20(28-4)19(14-18)22(25)24-10-6-5-7-11-24/h8-9,12-14,23H,5-7,10-11H2,1-4H3. The second-order valence-corrected chi connectivity index (χ2v) is 10.1. The third kappa shape index (κ3) is 4.78. The summed E-state index contributed by atoms with van der Waals surface area (Å²) in [4.78, 5) is 15.8. The van der Waals surface area contributed by atoms with Gasteiger partial charge >= 0.3 is 0 Å². The number of hydrogen-bond acceptors (Lipinski definition) is 4. The largest absolute Gasteiger partial charge is 0.339 e. The van der Waals surface area contributed by atoms with Crippen LogP contribution in [0.2, 0.25) is 0 Å². The molecule has 0 radical (unpaired) electrons. The number of thioether (sulfide) groups is 1. The van der Waals surface area contributed by atoms with Crippen molar-refractivity contribution in [1.29, 1.82) is 0 Å². The number of anilines is 1. The van der Waals surface area contributed by atoms with E-state index in [4.69, 9.17) is 0 Å².